The topological polar surface area (TPSA) is 59.9 Å². The van der Waals surface area contributed by atoms with Crippen LogP contribution in [0.2, 0.25) is 5.15 Å². The number of hydrogen-bond acceptors (Lipinski definition) is 4. The van der Waals surface area contributed by atoms with Gasteiger partial charge in [0.25, 0.3) is 0 Å². The van der Waals surface area contributed by atoms with Crippen LogP contribution in [0.3, 0.4) is 0 Å². The van der Waals surface area contributed by atoms with Gasteiger partial charge in [-0.2, -0.15) is 0 Å². The van der Waals surface area contributed by atoms with Crippen LogP contribution in [0, 0.1) is 6.92 Å². The largest absolute Gasteiger partial charge is 0.237 e. The van der Waals surface area contributed by atoms with Gasteiger partial charge >= 0.3 is 0 Å². The predicted molar refractivity (Wildman–Crippen MR) is 50.3 cm³/mol. The first kappa shape index (κ1) is 10.4. The lowest BCUT2D eigenvalue weighted by molar-refractivity contribution is 0.599. The van der Waals surface area contributed by atoms with Gasteiger partial charge in [-0.3, -0.25) is 0 Å². The van der Waals surface area contributed by atoms with Crippen LogP contribution in [0.4, 0.5) is 0 Å². The summed E-state index contributed by atoms with van der Waals surface area (Å²) in [6, 6.07) is 1.58. The third-order valence-electron chi connectivity index (χ3n) is 1.26. The number of halogens is 1. The summed E-state index contributed by atoms with van der Waals surface area (Å²) in [5.41, 5.74) is 0.665. The van der Waals surface area contributed by atoms with E-state index in [1.165, 1.54) is 0 Å². The van der Waals surface area contributed by atoms with E-state index in [0.717, 1.165) is 6.26 Å². The zero-order valence-electron chi connectivity index (χ0n) is 7.28. The van der Waals surface area contributed by atoms with Gasteiger partial charge in [0.05, 0.1) is 0 Å². The third kappa shape index (κ3) is 3.69. The molecule has 0 bridgehead atoms. The van der Waals surface area contributed by atoms with Crippen LogP contribution in [-0.4, -0.2) is 24.6 Å². The van der Waals surface area contributed by atoms with Gasteiger partial charge in [-0.25, -0.2) is 18.4 Å². The fraction of sp³-hybridized carbons (Fsp3) is 0.429. The Bertz CT molecular complexity index is 396. The number of rotatable bonds is 2. The van der Waals surface area contributed by atoms with E-state index in [0.29, 0.717) is 5.69 Å². The van der Waals surface area contributed by atoms with Crippen LogP contribution >= 0.6 is 11.6 Å². The molecule has 6 heteroatoms. The number of aryl methyl sites for hydroxylation is 1. The zero-order valence-corrected chi connectivity index (χ0v) is 8.85. The van der Waals surface area contributed by atoms with Crippen LogP contribution in [-0.2, 0) is 15.6 Å². The Kier molecular flexibility index (Phi) is 2.87. The molecular formula is C7H9ClN2O2S. The Hall–Kier alpha value is -0.680. The first-order chi connectivity index (χ1) is 5.87. The summed E-state index contributed by atoms with van der Waals surface area (Å²) in [6.07, 6.45) is 1.13. The predicted octanol–water partition coefficient (Wildman–Crippen LogP) is 0.983. The lowest BCUT2D eigenvalue weighted by Crippen LogP contribution is -2.06. The second kappa shape index (κ2) is 3.59. The van der Waals surface area contributed by atoms with E-state index in [-0.39, 0.29) is 16.7 Å². The minimum atomic E-state index is -3.09. The molecule has 1 heterocycles. The molecule has 0 aromatic carbocycles. The normalized spacial score (nSPS) is 11.6. The molecule has 0 aliphatic rings. The van der Waals surface area contributed by atoms with Crippen molar-refractivity contribution in [3.05, 3.63) is 22.7 Å². The standard InChI is InChI=1S/C7H9ClN2O2S/c1-5-3-6(8)10-7(9-5)4-13(2,11)12/h3H,4H2,1-2H3. The van der Waals surface area contributed by atoms with Gasteiger partial charge in [-0.1, -0.05) is 11.6 Å². The molecule has 0 aliphatic carbocycles. The van der Waals surface area contributed by atoms with Gasteiger partial charge < -0.3 is 0 Å². The van der Waals surface area contributed by atoms with Crippen molar-refractivity contribution in [2.24, 2.45) is 0 Å². The van der Waals surface area contributed by atoms with Crippen molar-refractivity contribution >= 4 is 21.4 Å². The Balaban J connectivity index is 3.03. The monoisotopic (exact) mass is 220 g/mol. The van der Waals surface area contributed by atoms with Gasteiger partial charge in [0.15, 0.2) is 9.84 Å². The van der Waals surface area contributed by atoms with Crippen molar-refractivity contribution in [2.45, 2.75) is 12.7 Å². The van der Waals surface area contributed by atoms with Crippen LogP contribution in [0.5, 0.6) is 0 Å². The Morgan fingerprint density at radius 1 is 1.46 bits per heavy atom. The Morgan fingerprint density at radius 3 is 2.54 bits per heavy atom. The molecule has 1 aromatic heterocycles. The van der Waals surface area contributed by atoms with Crippen LogP contribution in [0.25, 0.3) is 0 Å². The number of hydrogen-bond donors (Lipinski definition) is 0. The molecule has 4 nitrogen and oxygen atoms in total. The molecule has 0 atom stereocenters. The first-order valence-electron chi connectivity index (χ1n) is 3.54. The molecule has 0 aliphatic heterocycles. The highest BCUT2D eigenvalue weighted by molar-refractivity contribution is 7.89. The molecule has 0 saturated carbocycles. The van der Waals surface area contributed by atoms with Crippen LogP contribution in [0.1, 0.15) is 11.5 Å². The molecule has 72 valence electrons. The lowest BCUT2D eigenvalue weighted by atomic mass is 10.4. The van der Waals surface area contributed by atoms with E-state index in [4.69, 9.17) is 11.6 Å². The second-order valence-electron chi connectivity index (χ2n) is 2.82. The summed E-state index contributed by atoms with van der Waals surface area (Å²) in [7, 11) is -3.09. The highest BCUT2D eigenvalue weighted by Crippen LogP contribution is 2.08. The van der Waals surface area contributed by atoms with Crippen molar-refractivity contribution in [1.29, 1.82) is 0 Å². The summed E-state index contributed by atoms with van der Waals surface area (Å²) >= 11 is 5.63. The molecule has 0 amide bonds. The first-order valence-corrected chi connectivity index (χ1v) is 5.98. The van der Waals surface area contributed by atoms with E-state index in [2.05, 4.69) is 9.97 Å². The van der Waals surface area contributed by atoms with Gasteiger partial charge in [-0.15, -0.1) is 0 Å². The quantitative estimate of drug-likeness (QED) is 0.698. The second-order valence-corrected chi connectivity index (χ2v) is 5.35. The van der Waals surface area contributed by atoms with E-state index < -0.39 is 9.84 Å². The molecule has 1 rings (SSSR count). The fourth-order valence-electron chi connectivity index (χ4n) is 0.888. The smallest absolute Gasteiger partial charge is 0.154 e. The number of aromatic nitrogens is 2. The minimum Gasteiger partial charge on any atom is -0.237 e. The maximum absolute atomic E-state index is 10.9. The molecule has 0 unspecified atom stereocenters. The van der Waals surface area contributed by atoms with Crippen LogP contribution in [0.15, 0.2) is 6.07 Å². The maximum Gasteiger partial charge on any atom is 0.154 e. The summed E-state index contributed by atoms with van der Waals surface area (Å²) in [5, 5.41) is 0.270. The summed E-state index contributed by atoms with van der Waals surface area (Å²) < 4.78 is 21.8. The van der Waals surface area contributed by atoms with E-state index in [9.17, 15) is 8.42 Å². The van der Waals surface area contributed by atoms with Crippen molar-refractivity contribution < 1.29 is 8.42 Å². The average Bonchev–Trinajstić information content (AvgIpc) is 1.78. The summed E-state index contributed by atoms with van der Waals surface area (Å²) in [6.45, 7) is 1.74. The van der Waals surface area contributed by atoms with Gasteiger partial charge in [0.2, 0.25) is 0 Å². The summed E-state index contributed by atoms with van der Waals surface area (Å²) in [5.74, 6) is 0.0708. The lowest BCUT2D eigenvalue weighted by Gasteiger charge is -1.99. The van der Waals surface area contributed by atoms with E-state index in [1.807, 2.05) is 0 Å². The van der Waals surface area contributed by atoms with E-state index in [1.54, 1.807) is 13.0 Å². The highest BCUT2D eigenvalue weighted by atomic mass is 35.5. The van der Waals surface area contributed by atoms with E-state index >= 15 is 0 Å². The van der Waals surface area contributed by atoms with Gasteiger partial charge in [0, 0.05) is 11.9 Å². The molecule has 0 radical (unpaired) electrons. The molecule has 1 aromatic rings. The molecular weight excluding hydrogens is 212 g/mol. The van der Waals surface area contributed by atoms with Crippen molar-refractivity contribution in [3.8, 4) is 0 Å². The maximum atomic E-state index is 10.9. The SMILES string of the molecule is Cc1cc(Cl)nc(CS(C)(=O)=O)n1. The number of nitrogens with zero attached hydrogens (tertiary/aromatic N) is 2. The summed E-state index contributed by atoms with van der Waals surface area (Å²) in [4.78, 5) is 7.74. The molecule has 0 fully saturated rings. The molecule has 0 spiro atoms. The molecule has 0 N–H and O–H groups in total. The fourth-order valence-corrected chi connectivity index (χ4v) is 1.74. The van der Waals surface area contributed by atoms with Crippen molar-refractivity contribution in [2.75, 3.05) is 6.26 Å². The highest BCUT2D eigenvalue weighted by Gasteiger charge is 2.08. The molecule has 13 heavy (non-hydrogen) atoms. The number of sulfone groups is 1. The Morgan fingerprint density at radius 2 is 2.08 bits per heavy atom. The minimum absolute atomic E-state index is 0.172. The molecule has 0 saturated heterocycles. The van der Waals surface area contributed by atoms with Crippen molar-refractivity contribution in [3.63, 3.8) is 0 Å². The van der Waals surface area contributed by atoms with Crippen LogP contribution < -0.4 is 0 Å². The van der Waals surface area contributed by atoms with Gasteiger partial charge in [-0.05, 0) is 13.0 Å². The van der Waals surface area contributed by atoms with Gasteiger partial charge in [0.1, 0.15) is 16.7 Å². The third-order valence-corrected chi connectivity index (χ3v) is 2.24. The average molecular weight is 221 g/mol. The Labute approximate surface area is 81.9 Å². The zero-order chi connectivity index (χ0) is 10.1. The van der Waals surface area contributed by atoms with Crippen molar-refractivity contribution in [1.82, 2.24) is 9.97 Å².